The summed E-state index contributed by atoms with van der Waals surface area (Å²) in [5.74, 6) is -0.243. The van der Waals surface area contributed by atoms with Gasteiger partial charge in [0.25, 0.3) is 0 Å². The highest BCUT2D eigenvalue weighted by atomic mass is 19.4. The van der Waals surface area contributed by atoms with Gasteiger partial charge in [-0.25, -0.2) is 9.97 Å². The van der Waals surface area contributed by atoms with Crippen molar-refractivity contribution in [1.82, 2.24) is 9.97 Å². The summed E-state index contributed by atoms with van der Waals surface area (Å²) in [6, 6.07) is 0.649. The first kappa shape index (κ1) is 7.77. The highest BCUT2D eigenvalue weighted by Gasteiger charge is 2.32. The SMILES string of the molecule is Nc1cc(C(F)(F)F)n[c]n1. The summed E-state index contributed by atoms with van der Waals surface area (Å²) in [7, 11) is 0. The summed E-state index contributed by atoms with van der Waals surface area (Å²) in [6.07, 6.45) is -2.69. The molecule has 0 amide bonds. The van der Waals surface area contributed by atoms with E-state index in [0.29, 0.717) is 6.07 Å². The van der Waals surface area contributed by atoms with Crippen LogP contribution in [0.3, 0.4) is 0 Å². The molecule has 1 radical (unpaired) electrons. The molecule has 0 aromatic carbocycles. The van der Waals surface area contributed by atoms with Gasteiger partial charge in [-0.3, -0.25) is 0 Å². The number of nitrogens with zero attached hydrogens (tertiary/aromatic N) is 2. The van der Waals surface area contributed by atoms with Crippen LogP contribution in [0.25, 0.3) is 0 Å². The van der Waals surface area contributed by atoms with Crippen LogP contribution in [0.2, 0.25) is 0 Å². The van der Waals surface area contributed by atoms with Crippen molar-refractivity contribution in [3.63, 3.8) is 0 Å². The number of halogens is 3. The number of hydrogen-bond acceptors (Lipinski definition) is 3. The smallest absolute Gasteiger partial charge is 0.384 e. The van der Waals surface area contributed by atoms with Gasteiger partial charge in [-0.2, -0.15) is 13.2 Å². The molecule has 0 spiro atoms. The van der Waals surface area contributed by atoms with E-state index in [4.69, 9.17) is 5.73 Å². The van der Waals surface area contributed by atoms with Crippen molar-refractivity contribution in [2.24, 2.45) is 0 Å². The fraction of sp³-hybridized carbons (Fsp3) is 0.200. The van der Waals surface area contributed by atoms with Crippen LogP contribution in [0.15, 0.2) is 6.07 Å². The molecule has 0 bridgehead atoms. The first-order chi connectivity index (χ1) is 5.00. The number of nitrogen functional groups attached to an aromatic ring is 1. The second kappa shape index (κ2) is 2.37. The van der Waals surface area contributed by atoms with Crippen LogP contribution >= 0.6 is 0 Å². The molecule has 0 saturated heterocycles. The lowest BCUT2D eigenvalue weighted by molar-refractivity contribution is -0.141. The molecule has 0 atom stereocenters. The summed E-state index contributed by atoms with van der Waals surface area (Å²) in [5.41, 5.74) is 3.89. The predicted molar refractivity (Wildman–Crippen MR) is 30.3 cm³/mol. The number of rotatable bonds is 0. The normalized spacial score (nSPS) is 11.5. The summed E-state index contributed by atoms with van der Waals surface area (Å²) in [5, 5.41) is 0. The average molecular weight is 162 g/mol. The van der Waals surface area contributed by atoms with Crippen LogP contribution in [0, 0.1) is 6.33 Å². The van der Waals surface area contributed by atoms with Crippen molar-refractivity contribution in [2.75, 3.05) is 5.73 Å². The predicted octanol–water partition coefficient (Wildman–Crippen LogP) is 0.878. The highest BCUT2D eigenvalue weighted by molar-refractivity contribution is 5.28. The Labute approximate surface area is 60.1 Å². The zero-order valence-electron chi connectivity index (χ0n) is 5.18. The Bertz CT molecular complexity index is 257. The minimum absolute atomic E-state index is 0.243. The van der Waals surface area contributed by atoms with Crippen molar-refractivity contribution in [2.45, 2.75) is 6.18 Å². The second-order valence-corrected chi connectivity index (χ2v) is 1.78. The van der Waals surface area contributed by atoms with E-state index < -0.39 is 11.9 Å². The molecule has 11 heavy (non-hydrogen) atoms. The van der Waals surface area contributed by atoms with E-state index in [1.807, 2.05) is 0 Å². The third-order valence-corrected chi connectivity index (χ3v) is 0.925. The first-order valence-electron chi connectivity index (χ1n) is 2.58. The number of aromatic nitrogens is 2. The van der Waals surface area contributed by atoms with E-state index in [9.17, 15) is 13.2 Å². The summed E-state index contributed by atoms with van der Waals surface area (Å²) in [4.78, 5) is 6.06. The molecular weight excluding hydrogens is 159 g/mol. The van der Waals surface area contributed by atoms with Gasteiger partial charge >= 0.3 is 6.18 Å². The van der Waals surface area contributed by atoms with Crippen molar-refractivity contribution < 1.29 is 13.2 Å². The molecule has 0 aliphatic carbocycles. The summed E-state index contributed by atoms with van der Waals surface area (Å²) in [6.45, 7) is 0. The van der Waals surface area contributed by atoms with E-state index >= 15 is 0 Å². The molecule has 2 N–H and O–H groups in total. The fourth-order valence-electron chi connectivity index (χ4n) is 0.486. The van der Waals surface area contributed by atoms with Gasteiger partial charge in [-0.15, -0.1) is 0 Å². The van der Waals surface area contributed by atoms with Crippen molar-refractivity contribution in [1.29, 1.82) is 0 Å². The van der Waals surface area contributed by atoms with Gasteiger partial charge in [-0.1, -0.05) is 0 Å². The van der Waals surface area contributed by atoms with Gasteiger partial charge in [-0.05, 0) is 0 Å². The lowest BCUT2D eigenvalue weighted by Crippen LogP contribution is -2.09. The Hall–Kier alpha value is -1.33. The highest BCUT2D eigenvalue weighted by Crippen LogP contribution is 2.27. The van der Waals surface area contributed by atoms with Gasteiger partial charge in [0, 0.05) is 6.07 Å². The zero-order chi connectivity index (χ0) is 8.48. The third-order valence-electron chi connectivity index (χ3n) is 0.925. The van der Waals surface area contributed by atoms with Gasteiger partial charge in [0.05, 0.1) is 0 Å². The molecule has 3 nitrogen and oxygen atoms in total. The van der Waals surface area contributed by atoms with Crippen molar-refractivity contribution in [3.8, 4) is 0 Å². The quantitative estimate of drug-likeness (QED) is 0.616. The van der Waals surface area contributed by atoms with Crippen LogP contribution in [0.5, 0.6) is 0 Å². The average Bonchev–Trinajstić information content (AvgIpc) is 1.86. The standard InChI is InChI=1S/C5H3F3N3/c6-5(7,8)3-1-4(9)11-2-10-3/h1H,(H2,9,10,11). The first-order valence-corrected chi connectivity index (χ1v) is 2.58. The molecule has 59 valence electrons. The molecule has 1 aromatic rings. The molecule has 0 fully saturated rings. The van der Waals surface area contributed by atoms with Crippen molar-refractivity contribution in [3.05, 3.63) is 18.1 Å². The summed E-state index contributed by atoms with van der Waals surface area (Å²) < 4.78 is 35.4. The van der Waals surface area contributed by atoms with E-state index in [-0.39, 0.29) is 5.82 Å². The molecule has 0 aliphatic heterocycles. The minimum Gasteiger partial charge on any atom is -0.384 e. The van der Waals surface area contributed by atoms with Gasteiger partial charge in [0.15, 0.2) is 12.0 Å². The molecule has 1 rings (SSSR count). The van der Waals surface area contributed by atoms with Gasteiger partial charge in [0.1, 0.15) is 5.82 Å². The van der Waals surface area contributed by atoms with Gasteiger partial charge < -0.3 is 5.73 Å². The molecule has 0 unspecified atom stereocenters. The topological polar surface area (TPSA) is 51.8 Å². The second-order valence-electron chi connectivity index (χ2n) is 1.78. The lowest BCUT2D eigenvalue weighted by Gasteiger charge is -2.03. The van der Waals surface area contributed by atoms with Crippen LogP contribution in [-0.2, 0) is 6.18 Å². The third kappa shape index (κ3) is 1.79. The van der Waals surface area contributed by atoms with Crippen molar-refractivity contribution >= 4 is 5.82 Å². The largest absolute Gasteiger partial charge is 0.433 e. The van der Waals surface area contributed by atoms with E-state index in [1.54, 1.807) is 6.33 Å². The monoisotopic (exact) mass is 162 g/mol. The van der Waals surface area contributed by atoms with Crippen LogP contribution < -0.4 is 5.73 Å². The minimum atomic E-state index is -4.48. The zero-order valence-corrected chi connectivity index (χ0v) is 5.18. The van der Waals surface area contributed by atoms with Crippen LogP contribution in [0.4, 0.5) is 19.0 Å². The van der Waals surface area contributed by atoms with E-state index in [0.717, 1.165) is 0 Å². The Morgan fingerprint density at radius 2 is 2.00 bits per heavy atom. The Morgan fingerprint density at radius 3 is 2.36 bits per heavy atom. The molecule has 1 heterocycles. The van der Waals surface area contributed by atoms with Crippen LogP contribution in [-0.4, -0.2) is 9.97 Å². The van der Waals surface area contributed by atoms with E-state index in [1.165, 1.54) is 0 Å². The molecule has 0 aliphatic rings. The number of alkyl halides is 3. The number of anilines is 1. The number of hydrogen-bond donors (Lipinski definition) is 1. The van der Waals surface area contributed by atoms with Gasteiger partial charge in [0.2, 0.25) is 0 Å². The Kier molecular flexibility index (Phi) is 1.67. The maximum Gasteiger partial charge on any atom is 0.433 e. The molecular formula is C5H3F3N3. The summed E-state index contributed by atoms with van der Waals surface area (Å²) >= 11 is 0. The molecule has 0 saturated carbocycles. The van der Waals surface area contributed by atoms with Crippen LogP contribution in [0.1, 0.15) is 5.69 Å². The molecule has 1 aromatic heterocycles. The Balaban J connectivity index is 3.06. The fourth-order valence-corrected chi connectivity index (χ4v) is 0.486. The maximum atomic E-state index is 11.8. The number of nitrogens with two attached hydrogens (primary N) is 1. The van der Waals surface area contributed by atoms with E-state index in [2.05, 4.69) is 9.97 Å². The maximum absolute atomic E-state index is 11.8. The molecule has 6 heteroatoms. The Morgan fingerprint density at radius 1 is 1.36 bits per heavy atom. The lowest BCUT2D eigenvalue weighted by atomic mass is 10.4.